The van der Waals surface area contributed by atoms with E-state index in [9.17, 15) is 12.8 Å². The summed E-state index contributed by atoms with van der Waals surface area (Å²) in [6.07, 6.45) is 5.60. The molecule has 3 N–H and O–H groups in total. The maximum Gasteiger partial charge on any atom is 0.232 e. The fourth-order valence-corrected chi connectivity index (χ4v) is 6.85. The molecule has 4 heterocycles. The first-order chi connectivity index (χ1) is 16.1. The van der Waals surface area contributed by atoms with Gasteiger partial charge in [-0.15, -0.1) is 0 Å². The number of rotatable bonds is 5. The second kappa shape index (κ2) is 7.55. The largest absolute Gasteiger partial charge is 0.480 e. The average molecular weight is 486 g/mol. The maximum atomic E-state index is 15.0. The van der Waals surface area contributed by atoms with Gasteiger partial charge in [-0.2, -0.15) is 0 Å². The van der Waals surface area contributed by atoms with Gasteiger partial charge in [-0.25, -0.2) is 32.7 Å². The molecular weight excluding hydrogens is 461 g/mol. The zero-order chi connectivity index (χ0) is 24.3. The summed E-state index contributed by atoms with van der Waals surface area (Å²) < 4.78 is 45.5. The van der Waals surface area contributed by atoms with Crippen LogP contribution in [0.25, 0.3) is 11.0 Å². The third kappa shape index (κ3) is 3.44. The number of pyridine rings is 2. The van der Waals surface area contributed by atoms with Crippen LogP contribution in [0.4, 0.5) is 16.0 Å². The lowest BCUT2D eigenvalue weighted by molar-refractivity contribution is 0.397. The van der Waals surface area contributed by atoms with E-state index >= 15 is 0 Å². The Kier molecular flexibility index (Phi) is 4.97. The molecule has 0 bridgehead atoms. The lowest BCUT2D eigenvalue weighted by Gasteiger charge is -2.40. The van der Waals surface area contributed by atoms with Crippen molar-refractivity contribution in [3.63, 3.8) is 0 Å². The highest BCUT2D eigenvalue weighted by Gasteiger charge is 2.59. The van der Waals surface area contributed by atoms with E-state index in [4.69, 9.17) is 10.5 Å². The van der Waals surface area contributed by atoms with Crippen molar-refractivity contribution >= 4 is 38.3 Å². The van der Waals surface area contributed by atoms with E-state index in [0.29, 0.717) is 22.7 Å². The number of halogens is 1. The van der Waals surface area contributed by atoms with Crippen LogP contribution in [0.5, 0.6) is 5.88 Å². The number of fused-ring (bicyclic) bond motifs is 1. The lowest BCUT2D eigenvalue weighted by atomic mass is 9.93. The third-order valence-corrected chi connectivity index (χ3v) is 9.45. The Labute approximate surface area is 195 Å². The van der Waals surface area contributed by atoms with Gasteiger partial charge in [0.25, 0.3) is 0 Å². The number of hydrogen-bond acceptors (Lipinski definition) is 10. The summed E-state index contributed by atoms with van der Waals surface area (Å²) in [5.74, 6) is -0.110. The molecule has 0 saturated heterocycles. The molecule has 3 aromatic heterocycles. The number of aliphatic imine (C=N–C) groups is 1. The van der Waals surface area contributed by atoms with Gasteiger partial charge in [0.15, 0.2) is 15.7 Å². The van der Waals surface area contributed by atoms with Gasteiger partial charge < -0.3 is 15.8 Å². The van der Waals surface area contributed by atoms with Crippen molar-refractivity contribution in [2.45, 2.75) is 37.0 Å². The molecule has 0 amide bonds. The molecule has 0 aromatic carbocycles. The number of aromatic nitrogens is 4. The van der Waals surface area contributed by atoms with Crippen molar-refractivity contribution in [2.75, 3.05) is 18.2 Å². The summed E-state index contributed by atoms with van der Waals surface area (Å²) >= 11 is 0. The van der Waals surface area contributed by atoms with Crippen LogP contribution < -0.4 is 15.8 Å². The smallest absolute Gasteiger partial charge is 0.232 e. The number of sulfone groups is 1. The number of nitrogens with two attached hydrogens (primary N) is 1. The normalized spacial score (nSPS) is 26.2. The van der Waals surface area contributed by atoms with Gasteiger partial charge in [-0.3, -0.25) is 4.99 Å². The van der Waals surface area contributed by atoms with Crippen molar-refractivity contribution in [3.8, 4) is 5.88 Å². The Morgan fingerprint density at radius 1 is 1.21 bits per heavy atom. The van der Waals surface area contributed by atoms with E-state index in [-0.39, 0.29) is 28.9 Å². The Morgan fingerprint density at radius 2 is 1.97 bits per heavy atom. The zero-order valence-electron chi connectivity index (χ0n) is 18.9. The molecule has 0 radical (unpaired) electrons. The highest BCUT2D eigenvalue weighted by atomic mass is 32.2. The highest BCUT2D eigenvalue weighted by molar-refractivity contribution is 7.93. The van der Waals surface area contributed by atoms with Crippen LogP contribution in [0.1, 0.15) is 32.3 Å². The van der Waals surface area contributed by atoms with E-state index in [2.05, 4.69) is 30.2 Å². The van der Waals surface area contributed by atoms with Crippen LogP contribution in [-0.2, 0) is 15.4 Å². The average Bonchev–Trinajstić information content (AvgIpc) is 3.64. The fraction of sp³-hybridized carbons (Fsp3) is 0.409. The van der Waals surface area contributed by atoms with Crippen molar-refractivity contribution in [1.29, 1.82) is 0 Å². The molecule has 12 heteroatoms. The number of methoxy groups -OCH3 is 1. The second-order valence-corrected chi connectivity index (χ2v) is 11.4. The van der Waals surface area contributed by atoms with E-state index in [0.717, 1.165) is 19.0 Å². The Bertz CT molecular complexity index is 1440. The fourth-order valence-electron chi connectivity index (χ4n) is 4.48. The van der Waals surface area contributed by atoms with Crippen LogP contribution in [0.3, 0.4) is 0 Å². The first-order valence-electron chi connectivity index (χ1n) is 10.7. The van der Waals surface area contributed by atoms with Gasteiger partial charge >= 0.3 is 0 Å². The topological polar surface area (TPSA) is 145 Å². The van der Waals surface area contributed by atoms with Crippen LogP contribution >= 0.6 is 0 Å². The molecule has 0 spiro atoms. The molecule has 34 heavy (non-hydrogen) atoms. The van der Waals surface area contributed by atoms with Crippen LogP contribution in [0, 0.1) is 11.7 Å². The minimum Gasteiger partial charge on any atom is -0.480 e. The van der Waals surface area contributed by atoms with E-state index in [1.54, 1.807) is 26.1 Å². The van der Waals surface area contributed by atoms with E-state index in [1.807, 2.05) is 0 Å². The molecule has 2 aliphatic rings. The minimum atomic E-state index is -3.69. The van der Waals surface area contributed by atoms with E-state index in [1.165, 1.54) is 19.4 Å². The van der Waals surface area contributed by atoms with Crippen molar-refractivity contribution in [3.05, 3.63) is 42.1 Å². The molecule has 0 unspecified atom stereocenters. The zero-order valence-corrected chi connectivity index (χ0v) is 19.7. The standard InChI is InChI=1S/C22H24FN7O3S/c1-21(11-34(31,32)22(2,12-4-5-12)20(24)30-21)13-8-16(26-9-14(13)23)29-19-18-15(6-7-25-19)28-17(33-3)10-27-18/h6-10,12H,4-5,11H2,1-3H3,(H2,24,30)(H,25,26,29)/t21-,22-/m0/s1. The monoisotopic (exact) mass is 485 g/mol. The Balaban J connectivity index is 1.54. The van der Waals surface area contributed by atoms with Gasteiger partial charge in [-0.05, 0) is 44.7 Å². The molecule has 1 aliphatic carbocycles. The maximum absolute atomic E-state index is 15.0. The number of hydrogen-bond donors (Lipinski definition) is 2. The van der Waals surface area contributed by atoms with Gasteiger partial charge in [0.1, 0.15) is 33.3 Å². The molecule has 1 aliphatic heterocycles. The lowest BCUT2D eigenvalue weighted by Crippen LogP contribution is -2.58. The van der Waals surface area contributed by atoms with Gasteiger partial charge in [0.05, 0.1) is 30.8 Å². The summed E-state index contributed by atoms with van der Waals surface area (Å²) in [4.78, 5) is 21.6. The van der Waals surface area contributed by atoms with Crippen LogP contribution in [0.2, 0.25) is 0 Å². The van der Waals surface area contributed by atoms with Gasteiger partial charge in [0, 0.05) is 11.8 Å². The molecule has 178 valence electrons. The summed E-state index contributed by atoms with van der Waals surface area (Å²) in [5.41, 5.74) is 5.90. The SMILES string of the molecule is COc1cnc2c(Nc3cc([C@]4(C)CS(=O)(=O)[C@@](C)(C5CC5)C(N)=N4)c(F)cn3)nccc2n1. The number of nitrogens with zero attached hydrogens (tertiary/aromatic N) is 5. The van der Waals surface area contributed by atoms with Crippen LogP contribution in [-0.4, -0.2) is 51.8 Å². The van der Waals surface area contributed by atoms with Crippen LogP contribution in [0.15, 0.2) is 35.7 Å². The summed E-state index contributed by atoms with van der Waals surface area (Å²) in [6, 6.07) is 3.11. The van der Waals surface area contributed by atoms with Crippen molar-refractivity contribution in [2.24, 2.45) is 16.6 Å². The molecular formula is C22H24FN7O3S. The molecule has 3 aromatic rings. The van der Waals surface area contributed by atoms with Gasteiger partial charge in [0.2, 0.25) is 5.88 Å². The number of ether oxygens (including phenoxy) is 1. The Morgan fingerprint density at radius 3 is 2.65 bits per heavy atom. The summed E-state index contributed by atoms with van der Waals surface area (Å²) in [7, 11) is -2.20. The minimum absolute atomic E-state index is 0.0226. The molecule has 1 saturated carbocycles. The summed E-state index contributed by atoms with van der Waals surface area (Å²) in [6.45, 7) is 3.19. The molecule has 1 fully saturated rings. The predicted octanol–water partition coefficient (Wildman–Crippen LogP) is 2.48. The van der Waals surface area contributed by atoms with E-state index < -0.39 is 25.9 Å². The molecule has 5 rings (SSSR count). The molecule has 10 nitrogen and oxygen atoms in total. The first kappa shape index (κ1) is 22.4. The quantitative estimate of drug-likeness (QED) is 0.556. The first-order valence-corrected chi connectivity index (χ1v) is 12.4. The number of anilines is 2. The third-order valence-electron chi connectivity index (χ3n) is 6.68. The highest BCUT2D eigenvalue weighted by Crippen LogP contribution is 2.49. The van der Waals surface area contributed by atoms with Gasteiger partial charge in [-0.1, -0.05) is 0 Å². The Hall–Kier alpha value is -3.41. The van der Waals surface area contributed by atoms with Crippen molar-refractivity contribution < 1.29 is 17.5 Å². The second-order valence-electron chi connectivity index (χ2n) is 9.03. The number of nitrogens with one attached hydrogen (secondary N) is 1. The number of amidine groups is 1. The van der Waals surface area contributed by atoms with Crippen molar-refractivity contribution in [1.82, 2.24) is 19.9 Å². The molecule has 2 atom stereocenters. The summed E-state index contributed by atoms with van der Waals surface area (Å²) in [5, 5.41) is 3.02. The predicted molar refractivity (Wildman–Crippen MR) is 125 cm³/mol.